The van der Waals surface area contributed by atoms with Crippen molar-refractivity contribution in [1.82, 2.24) is 4.90 Å². The van der Waals surface area contributed by atoms with E-state index in [1.54, 1.807) is 13.8 Å². The third-order valence-electron chi connectivity index (χ3n) is 2.88. The van der Waals surface area contributed by atoms with Gasteiger partial charge in [-0.1, -0.05) is 0 Å². The number of benzene rings is 1. The minimum atomic E-state index is -0.485. The average Bonchev–Trinajstić information content (AvgIpc) is 2.46. The highest BCUT2D eigenvalue weighted by Crippen LogP contribution is 2.12. The topological polar surface area (TPSA) is 55.8 Å². The summed E-state index contributed by atoms with van der Waals surface area (Å²) in [5, 5.41) is 0. The van der Waals surface area contributed by atoms with Crippen LogP contribution in [0.3, 0.4) is 0 Å². The Kier molecular flexibility index (Phi) is 6.81. The Morgan fingerprint density at radius 3 is 2.62 bits per heavy atom. The van der Waals surface area contributed by atoms with Crippen LogP contribution in [0.5, 0.6) is 0 Å². The SMILES string of the molecule is CCOC(=O)CN(CCOC)C(=O)c1ccc(F)c(C)c1. The molecule has 0 aromatic heterocycles. The number of amides is 1. The molecule has 1 rings (SSSR count). The lowest BCUT2D eigenvalue weighted by Crippen LogP contribution is -2.38. The quantitative estimate of drug-likeness (QED) is 0.720. The molecule has 0 spiro atoms. The smallest absolute Gasteiger partial charge is 0.325 e. The molecule has 0 aliphatic carbocycles. The molecular weight excluding hydrogens is 277 g/mol. The molecule has 1 amide bonds. The Bertz CT molecular complexity index is 504. The van der Waals surface area contributed by atoms with Crippen molar-refractivity contribution in [2.75, 3.05) is 33.4 Å². The fraction of sp³-hybridized carbons (Fsp3) is 0.467. The molecule has 0 fully saturated rings. The Balaban J connectivity index is 2.87. The number of rotatable bonds is 7. The van der Waals surface area contributed by atoms with E-state index in [0.717, 1.165) is 0 Å². The standard InChI is InChI=1S/C15H20FNO4/c1-4-21-14(18)10-17(7-8-20-3)15(19)12-5-6-13(16)11(2)9-12/h5-6,9H,4,7-8,10H2,1-3H3. The van der Waals surface area contributed by atoms with Crippen LogP contribution in [-0.4, -0.2) is 50.2 Å². The molecule has 0 N–H and O–H groups in total. The monoisotopic (exact) mass is 297 g/mol. The van der Waals surface area contributed by atoms with E-state index < -0.39 is 5.97 Å². The maximum atomic E-state index is 13.3. The normalized spacial score (nSPS) is 10.3. The zero-order chi connectivity index (χ0) is 15.8. The van der Waals surface area contributed by atoms with Crippen LogP contribution in [0.15, 0.2) is 18.2 Å². The third kappa shape index (κ3) is 5.15. The number of halogens is 1. The van der Waals surface area contributed by atoms with E-state index in [1.807, 2.05) is 0 Å². The number of nitrogens with zero attached hydrogens (tertiary/aromatic N) is 1. The van der Waals surface area contributed by atoms with Crippen LogP contribution in [0.2, 0.25) is 0 Å². The maximum Gasteiger partial charge on any atom is 0.325 e. The minimum absolute atomic E-state index is 0.160. The van der Waals surface area contributed by atoms with Crippen LogP contribution in [0, 0.1) is 12.7 Å². The van der Waals surface area contributed by atoms with Gasteiger partial charge in [-0.2, -0.15) is 0 Å². The van der Waals surface area contributed by atoms with Crippen LogP contribution in [0.25, 0.3) is 0 Å². The van der Waals surface area contributed by atoms with Gasteiger partial charge in [-0.15, -0.1) is 0 Å². The number of methoxy groups -OCH3 is 1. The first-order chi connectivity index (χ1) is 9.99. The molecule has 6 heteroatoms. The van der Waals surface area contributed by atoms with Crippen molar-refractivity contribution in [2.45, 2.75) is 13.8 Å². The average molecular weight is 297 g/mol. The molecule has 0 aliphatic rings. The number of aryl methyl sites for hydroxylation is 1. The number of ether oxygens (including phenoxy) is 2. The predicted octanol–water partition coefficient (Wildman–Crippen LogP) is 1.79. The number of carbonyl (C=O) groups excluding carboxylic acids is 2. The first kappa shape index (κ1) is 17.1. The molecule has 0 aliphatic heterocycles. The summed E-state index contributed by atoms with van der Waals surface area (Å²) in [6.07, 6.45) is 0. The summed E-state index contributed by atoms with van der Waals surface area (Å²) < 4.78 is 23.0. The summed E-state index contributed by atoms with van der Waals surface area (Å²) in [5.41, 5.74) is 0.706. The van der Waals surface area contributed by atoms with E-state index in [4.69, 9.17) is 9.47 Å². The molecule has 0 atom stereocenters. The predicted molar refractivity (Wildman–Crippen MR) is 75.5 cm³/mol. The second-order valence-electron chi connectivity index (χ2n) is 4.49. The molecule has 0 unspecified atom stereocenters. The zero-order valence-corrected chi connectivity index (χ0v) is 12.5. The van der Waals surface area contributed by atoms with E-state index in [9.17, 15) is 14.0 Å². The van der Waals surface area contributed by atoms with Crippen molar-refractivity contribution < 1.29 is 23.5 Å². The van der Waals surface area contributed by atoms with E-state index >= 15 is 0 Å². The molecule has 116 valence electrons. The zero-order valence-electron chi connectivity index (χ0n) is 12.5. The van der Waals surface area contributed by atoms with Gasteiger partial charge < -0.3 is 14.4 Å². The van der Waals surface area contributed by atoms with Crippen LogP contribution >= 0.6 is 0 Å². The van der Waals surface area contributed by atoms with Crippen molar-refractivity contribution in [3.05, 3.63) is 35.1 Å². The first-order valence-electron chi connectivity index (χ1n) is 6.69. The van der Waals surface area contributed by atoms with Gasteiger partial charge in [-0.3, -0.25) is 9.59 Å². The van der Waals surface area contributed by atoms with E-state index in [-0.39, 0.29) is 31.4 Å². The van der Waals surface area contributed by atoms with Crippen molar-refractivity contribution in [2.24, 2.45) is 0 Å². The van der Waals surface area contributed by atoms with Gasteiger partial charge in [0.25, 0.3) is 5.91 Å². The molecule has 5 nitrogen and oxygen atoms in total. The van der Waals surface area contributed by atoms with Crippen LogP contribution in [0.4, 0.5) is 4.39 Å². The fourth-order valence-corrected chi connectivity index (χ4v) is 1.78. The van der Waals surface area contributed by atoms with Crippen molar-refractivity contribution in [3.8, 4) is 0 Å². The van der Waals surface area contributed by atoms with Gasteiger partial charge in [-0.25, -0.2) is 4.39 Å². The Morgan fingerprint density at radius 1 is 1.33 bits per heavy atom. The van der Waals surface area contributed by atoms with Gasteiger partial charge in [0.05, 0.1) is 13.2 Å². The highest BCUT2D eigenvalue weighted by molar-refractivity contribution is 5.96. The summed E-state index contributed by atoms with van der Waals surface area (Å²) in [6, 6.07) is 4.10. The Labute approximate surface area is 123 Å². The lowest BCUT2D eigenvalue weighted by Gasteiger charge is -2.21. The molecule has 0 heterocycles. The fourth-order valence-electron chi connectivity index (χ4n) is 1.78. The lowest BCUT2D eigenvalue weighted by molar-refractivity contribution is -0.143. The summed E-state index contributed by atoms with van der Waals surface area (Å²) >= 11 is 0. The van der Waals surface area contributed by atoms with Crippen molar-refractivity contribution in [1.29, 1.82) is 0 Å². The van der Waals surface area contributed by atoms with Crippen molar-refractivity contribution in [3.63, 3.8) is 0 Å². The molecule has 0 saturated carbocycles. The van der Waals surface area contributed by atoms with Crippen LogP contribution in [-0.2, 0) is 14.3 Å². The van der Waals surface area contributed by atoms with Gasteiger partial charge in [0.2, 0.25) is 0 Å². The van der Waals surface area contributed by atoms with Gasteiger partial charge in [0, 0.05) is 19.2 Å². The van der Waals surface area contributed by atoms with E-state index in [0.29, 0.717) is 17.7 Å². The number of hydrogen-bond donors (Lipinski definition) is 0. The molecule has 0 radical (unpaired) electrons. The van der Waals surface area contributed by atoms with Gasteiger partial charge in [-0.05, 0) is 37.6 Å². The second kappa shape index (κ2) is 8.36. The largest absolute Gasteiger partial charge is 0.465 e. The molecular formula is C15H20FNO4. The number of esters is 1. The number of carbonyl (C=O) groups is 2. The van der Waals surface area contributed by atoms with Gasteiger partial charge in [0.15, 0.2) is 0 Å². The van der Waals surface area contributed by atoms with E-state index in [1.165, 1.54) is 30.2 Å². The molecule has 1 aromatic rings. The summed E-state index contributed by atoms with van der Waals surface area (Å²) in [4.78, 5) is 25.3. The highest BCUT2D eigenvalue weighted by atomic mass is 19.1. The summed E-state index contributed by atoms with van der Waals surface area (Å²) in [5.74, 6) is -1.22. The van der Waals surface area contributed by atoms with Gasteiger partial charge >= 0.3 is 5.97 Å². The van der Waals surface area contributed by atoms with Gasteiger partial charge in [0.1, 0.15) is 12.4 Å². The van der Waals surface area contributed by atoms with Crippen molar-refractivity contribution >= 4 is 11.9 Å². The number of hydrogen-bond acceptors (Lipinski definition) is 4. The minimum Gasteiger partial charge on any atom is -0.465 e. The van der Waals surface area contributed by atoms with Crippen LogP contribution in [0.1, 0.15) is 22.8 Å². The third-order valence-corrected chi connectivity index (χ3v) is 2.88. The summed E-state index contributed by atoms with van der Waals surface area (Å²) in [7, 11) is 1.51. The molecule has 0 bridgehead atoms. The molecule has 0 saturated heterocycles. The second-order valence-corrected chi connectivity index (χ2v) is 4.49. The maximum absolute atomic E-state index is 13.3. The molecule has 1 aromatic carbocycles. The van der Waals surface area contributed by atoms with E-state index in [2.05, 4.69) is 0 Å². The Morgan fingerprint density at radius 2 is 2.05 bits per heavy atom. The van der Waals surface area contributed by atoms with Crippen LogP contribution < -0.4 is 0 Å². The first-order valence-corrected chi connectivity index (χ1v) is 6.69. The Hall–Kier alpha value is -1.95. The summed E-state index contributed by atoms with van der Waals surface area (Å²) in [6.45, 7) is 3.92. The highest BCUT2D eigenvalue weighted by Gasteiger charge is 2.19. The lowest BCUT2D eigenvalue weighted by atomic mass is 10.1. The molecule has 21 heavy (non-hydrogen) atoms.